The number of anilines is 2. The third-order valence-electron chi connectivity index (χ3n) is 5.21. The molecule has 1 aromatic heterocycles. The number of hydrogen-bond donors (Lipinski definition) is 3. The minimum atomic E-state index is -0.374. The Kier molecular flexibility index (Phi) is 4.93. The highest BCUT2D eigenvalue weighted by Gasteiger charge is 2.33. The van der Waals surface area contributed by atoms with E-state index in [-0.39, 0.29) is 18.1 Å². The summed E-state index contributed by atoms with van der Waals surface area (Å²) in [6.07, 6.45) is 2.22. The summed E-state index contributed by atoms with van der Waals surface area (Å²) in [6, 6.07) is 6.07. The zero-order valence-corrected chi connectivity index (χ0v) is 16.2. The molecular weight excluding hydrogens is 358 g/mol. The van der Waals surface area contributed by atoms with Gasteiger partial charge in [-0.3, -0.25) is 14.8 Å². The molecule has 2 aromatic rings. The smallest absolute Gasteiger partial charge is 0.414 e. The van der Waals surface area contributed by atoms with Crippen molar-refractivity contribution in [3.63, 3.8) is 0 Å². The minimum absolute atomic E-state index is 0.133. The van der Waals surface area contributed by atoms with E-state index in [9.17, 15) is 9.59 Å². The van der Waals surface area contributed by atoms with Gasteiger partial charge in [-0.25, -0.2) is 4.79 Å². The predicted octanol–water partition coefficient (Wildman–Crippen LogP) is 2.46. The molecule has 1 saturated heterocycles. The van der Waals surface area contributed by atoms with Crippen molar-refractivity contribution < 1.29 is 14.3 Å². The number of aromatic nitrogens is 2. The molecule has 2 aliphatic rings. The number of nitrogens with zero attached hydrogens (tertiary/aromatic N) is 2. The second-order valence-electron chi connectivity index (χ2n) is 7.20. The number of rotatable bonds is 5. The van der Waals surface area contributed by atoms with Gasteiger partial charge < -0.3 is 15.4 Å². The Bertz CT molecular complexity index is 907. The maximum atomic E-state index is 12.3. The van der Waals surface area contributed by atoms with E-state index in [0.717, 1.165) is 48.6 Å². The highest BCUT2D eigenvalue weighted by molar-refractivity contribution is 5.90. The fraction of sp³-hybridized carbons (Fsp3) is 0.450. The number of H-pyrrole nitrogens is 1. The normalized spacial score (nSPS) is 18.1. The van der Waals surface area contributed by atoms with Gasteiger partial charge in [0, 0.05) is 30.3 Å². The fourth-order valence-electron chi connectivity index (χ4n) is 3.90. The number of carbonyl (C=O) groups excluding carboxylic acids is 2. The molecule has 0 saturated carbocycles. The Hall–Kier alpha value is -3.03. The molecular formula is C20H25N5O3. The van der Waals surface area contributed by atoms with Crippen molar-refractivity contribution >= 4 is 23.5 Å². The third kappa shape index (κ3) is 3.42. The molecule has 2 heterocycles. The van der Waals surface area contributed by atoms with Crippen LogP contribution in [-0.2, 0) is 22.4 Å². The average Bonchev–Trinajstić information content (AvgIpc) is 3.18. The van der Waals surface area contributed by atoms with Crippen molar-refractivity contribution in [2.75, 3.05) is 29.9 Å². The van der Waals surface area contributed by atoms with Crippen LogP contribution in [0.4, 0.5) is 16.3 Å². The number of hydrogen-bond acceptors (Lipinski definition) is 5. The van der Waals surface area contributed by atoms with Crippen molar-refractivity contribution in [2.24, 2.45) is 0 Å². The number of aryl methyl sites for hydroxylation is 1. The lowest BCUT2D eigenvalue weighted by molar-refractivity contribution is -0.119. The summed E-state index contributed by atoms with van der Waals surface area (Å²) in [5.41, 5.74) is 5.44. The van der Waals surface area contributed by atoms with E-state index in [2.05, 4.69) is 39.9 Å². The molecule has 1 aliphatic carbocycles. The molecule has 1 fully saturated rings. The fourth-order valence-corrected chi connectivity index (χ4v) is 3.90. The van der Waals surface area contributed by atoms with Gasteiger partial charge in [-0.05, 0) is 43.9 Å². The van der Waals surface area contributed by atoms with Crippen molar-refractivity contribution in [3.05, 3.63) is 29.3 Å². The quantitative estimate of drug-likeness (QED) is 0.737. The van der Waals surface area contributed by atoms with Crippen LogP contribution in [0.3, 0.4) is 0 Å². The SMILES string of the molecule is CCNc1n[nH]c2c1CCCc1cc(N3C[C@H](CNC(C)=O)OC3=O)ccc1-2. The first-order chi connectivity index (χ1) is 13.6. The average molecular weight is 383 g/mol. The highest BCUT2D eigenvalue weighted by Crippen LogP contribution is 2.36. The number of ether oxygens (including phenoxy) is 1. The maximum Gasteiger partial charge on any atom is 0.414 e. The number of benzene rings is 1. The standard InChI is InChI=1S/C20H25N5O3/c1-3-21-19-17-6-4-5-13-9-14(7-8-16(13)18(17)23-24-19)25-11-15(28-20(25)27)10-22-12(2)26/h7-9,15H,3-6,10-11H2,1-2H3,(H,22,26)(H2,21,23,24)/t15-/m0/s1. The number of fused-ring (bicyclic) bond motifs is 3. The van der Waals surface area contributed by atoms with E-state index >= 15 is 0 Å². The molecule has 8 nitrogen and oxygen atoms in total. The topological polar surface area (TPSA) is 99.4 Å². The summed E-state index contributed by atoms with van der Waals surface area (Å²) in [4.78, 5) is 25.0. The van der Waals surface area contributed by atoms with Crippen LogP contribution in [0, 0.1) is 0 Å². The van der Waals surface area contributed by atoms with Crippen LogP contribution >= 0.6 is 0 Å². The van der Waals surface area contributed by atoms with E-state index < -0.39 is 0 Å². The van der Waals surface area contributed by atoms with Crippen molar-refractivity contribution in [3.8, 4) is 11.3 Å². The molecule has 28 heavy (non-hydrogen) atoms. The van der Waals surface area contributed by atoms with E-state index in [1.807, 2.05) is 6.07 Å². The summed E-state index contributed by atoms with van der Waals surface area (Å²) in [5, 5.41) is 13.6. The molecule has 1 aromatic carbocycles. The number of amides is 2. The molecule has 0 spiro atoms. The molecule has 8 heteroatoms. The summed E-state index contributed by atoms with van der Waals surface area (Å²) < 4.78 is 5.38. The van der Waals surface area contributed by atoms with E-state index in [1.54, 1.807) is 4.90 Å². The largest absolute Gasteiger partial charge is 0.442 e. The first-order valence-electron chi connectivity index (χ1n) is 9.73. The molecule has 148 valence electrons. The van der Waals surface area contributed by atoms with Gasteiger partial charge in [0.1, 0.15) is 6.10 Å². The van der Waals surface area contributed by atoms with Gasteiger partial charge in [-0.1, -0.05) is 6.07 Å². The second kappa shape index (κ2) is 7.53. The van der Waals surface area contributed by atoms with Crippen LogP contribution in [0.2, 0.25) is 0 Å². The second-order valence-corrected chi connectivity index (χ2v) is 7.20. The lowest BCUT2D eigenvalue weighted by Gasteiger charge is -2.16. The van der Waals surface area contributed by atoms with Gasteiger partial charge in [-0.15, -0.1) is 0 Å². The summed E-state index contributed by atoms with van der Waals surface area (Å²) >= 11 is 0. The Morgan fingerprint density at radius 3 is 3.04 bits per heavy atom. The highest BCUT2D eigenvalue weighted by atomic mass is 16.6. The van der Waals surface area contributed by atoms with Crippen molar-refractivity contribution in [1.29, 1.82) is 0 Å². The first kappa shape index (κ1) is 18.3. The molecule has 4 rings (SSSR count). The Balaban J connectivity index is 1.58. The Morgan fingerprint density at radius 2 is 2.25 bits per heavy atom. The lowest BCUT2D eigenvalue weighted by atomic mass is 10.0. The Labute approximate surface area is 163 Å². The zero-order valence-electron chi connectivity index (χ0n) is 16.2. The van der Waals surface area contributed by atoms with Crippen LogP contribution in [-0.4, -0.2) is 47.9 Å². The molecule has 0 unspecified atom stereocenters. The third-order valence-corrected chi connectivity index (χ3v) is 5.21. The van der Waals surface area contributed by atoms with Crippen molar-refractivity contribution in [2.45, 2.75) is 39.2 Å². The van der Waals surface area contributed by atoms with Crippen LogP contribution in [0.1, 0.15) is 31.4 Å². The summed E-state index contributed by atoms with van der Waals surface area (Å²) in [5.74, 6) is 0.796. The molecule has 3 N–H and O–H groups in total. The number of carbonyl (C=O) groups is 2. The van der Waals surface area contributed by atoms with Crippen LogP contribution in [0.25, 0.3) is 11.3 Å². The molecule has 0 radical (unpaired) electrons. The number of cyclic esters (lactones) is 1. The lowest BCUT2D eigenvalue weighted by Crippen LogP contribution is -2.33. The molecule has 1 atom stereocenters. The van der Waals surface area contributed by atoms with Crippen LogP contribution < -0.4 is 15.5 Å². The minimum Gasteiger partial charge on any atom is -0.442 e. The van der Waals surface area contributed by atoms with Gasteiger partial charge in [0.2, 0.25) is 5.91 Å². The van der Waals surface area contributed by atoms with E-state index in [0.29, 0.717) is 13.1 Å². The molecule has 2 amide bonds. The summed E-state index contributed by atoms with van der Waals surface area (Å²) in [6.45, 7) is 5.10. The van der Waals surface area contributed by atoms with E-state index in [1.165, 1.54) is 18.1 Å². The summed E-state index contributed by atoms with van der Waals surface area (Å²) in [7, 11) is 0. The van der Waals surface area contributed by atoms with Crippen LogP contribution in [0.15, 0.2) is 18.2 Å². The van der Waals surface area contributed by atoms with Gasteiger partial charge in [0.25, 0.3) is 0 Å². The number of aromatic amines is 1. The van der Waals surface area contributed by atoms with E-state index in [4.69, 9.17) is 4.74 Å². The van der Waals surface area contributed by atoms with Crippen molar-refractivity contribution in [1.82, 2.24) is 15.5 Å². The van der Waals surface area contributed by atoms with Gasteiger partial charge in [0.05, 0.1) is 18.8 Å². The number of nitrogens with one attached hydrogen (secondary N) is 3. The molecule has 1 aliphatic heterocycles. The predicted molar refractivity (Wildman–Crippen MR) is 107 cm³/mol. The monoisotopic (exact) mass is 383 g/mol. The van der Waals surface area contributed by atoms with Crippen LogP contribution in [0.5, 0.6) is 0 Å². The zero-order chi connectivity index (χ0) is 19.7. The first-order valence-corrected chi connectivity index (χ1v) is 9.73. The Morgan fingerprint density at radius 1 is 1.39 bits per heavy atom. The molecule has 0 bridgehead atoms. The maximum absolute atomic E-state index is 12.3. The van der Waals surface area contributed by atoms with Gasteiger partial charge in [0.15, 0.2) is 5.82 Å². The van der Waals surface area contributed by atoms with Gasteiger partial charge >= 0.3 is 6.09 Å². The van der Waals surface area contributed by atoms with Gasteiger partial charge in [-0.2, -0.15) is 5.10 Å².